The molecule has 0 spiro atoms. The molecule has 118 valence electrons. The molecule has 0 saturated heterocycles. The Morgan fingerprint density at radius 1 is 1.20 bits per heavy atom. The van der Waals surface area contributed by atoms with E-state index in [0.29, 0.717) is 19.1 Å². The minimum atomic E-state index is -3.12. The van der Waals surface area contributed by atoms with Crippen molar-refractivity contribution < 1.29 is 17.9 Å². The van der Waals surface area contributed by atoms with Gasteiger partial charge in [0.1, 0.15) is 5.60 Å². The first kappa shape index (κ1) is 17.2. The van der Waals surface area contributed by atoms with Crippen LogP contribution in [0.25, 0.3) is 0 Å². The maximum atomic E-state index is 11.5. The summed E-state index contributed by atoms with van der Waals surface area (Å²) in [7, 11) is -3.12. The van der Waals surface area contributed by atoms with Gasteiger partial charge in [-0.3, -0.25) is 0 Å². The molecule has 0 aliphatic heterocycles. The van der Waals surface area contributed by atoms with Crippen molar-refractivity contribution in [3.63, 3.8) is 0 Å². The van der Waals surface area contributed by atoms with Gasteiger partial charge in [-0.2, -0.15) is 0 Å². The molecule has 1 aliphatic carbocycles. The molecule has 3 N–H and O–H groups in total. The van der Waals surface area contributed by atoms with Crippen LogP contribution in [0, 0.1) is 0 Å². The van der Waals surface area contributed by atoms with Crippen LogP contribution in [0.3, 0.4) is 0 Å². The zero-order chi connectivity index (χ0) is 15.4. The predicted octanol–water partition coefficient (Wildman–Crippen LogP) is 0.181. The fraction of sp³-hybridized carbons (Fsp3) is 0.917. The molecule has 0 bridgehead atoms. The van der Waals surface area contributed by atoms with Gasteiger partial charge in [0.2, 0.25) is 10.0 Å². The van der Waals surface area contributed by atoms with E-state index in [1.54, 1.807) is 0 Å². The van der Waals surface area contributed by atoms with Crippen molar-refractivity contribution in [2.45, 2.75) is 51.3 Å². The van der Waals surface area contributed by atoms with E-state index in [2.05, 4.69) is 15.4 Å². The van der Waals surface area contributed by atoms with Crippen molar-refractivity contribution >= 4 is 16.1 Å². The Labute approximate surface area is 120 Å². The summed E-state index contributed by atoms with van der Waals surface area (Å²) in [6.07, 6.45) is 2.41. The molecule has 7 nitrogen and oxygen atoms in total. The zero-order valence-corrected chi connectivity index (χ0v) is 13.3. The lowest BCUT2D eigenvalue weighted by Gasteiger charge is -2.36. The average molecular weight is 307 g/mol. The summed E-state index contributed by atoms with van der Waals surface area (Å²) < 4.78 is 29.3. The lowest BCUT2D eigenvalue weighted by Crippen LogP contribution is -2.54. The van der Waals surface area contributed by atoms with Gasteiger partial charge in [0.05, 0.1) is 6.26 Å². The maximum Gasteiger partial charge on any atom is 0.407 e. The van der Waals surface area contributed by atoms with Gasteiger partial charge in [0.25, 0.3) is 0 Å². The molecule has 0 unspecified atom stereocenters. The van der Waals surface area contributed by atoms with Crippen molar-refractivity contribution in [2.75, 3.05) is 19.3 Å². The minimum Gasteiger partial charge on any atom is -0.444 e. The molecule has 20 heavy (non-hydrogen) atoms. The Kier molecular flexibility index (Phi) is 5.79. The molecule has 1 aliphatic rings. The van der Waals surface area contributed by atoms with Gasteiger partial charge in [-0.1, -0.05) is 0 Å². The third-order valence-electron chi connectivity index (χ3n) is 2.78. The number of ether oxygens (including phenoxy) is 1. The van der Waals surface area contributed by atoms with Gasteiger partial charge in [0, 0.05) is 25.2 Å². The fourth-order valence-electron chi connectivity index (χ4n) is 1.89. The number of alkyl carbamates (subject to hydrolysis) is 1. The summed E-state index contributed by atoms with van der Waals surface area (Å²) in [5.41, 5.74) is -0.483. The molecule has 0 atom stereocenters. The summed E-state index contributed by atoms with van der Waals surface area (Å²) in [5.74, 6) is 0. The largest absolute Gasteiger partial charge is 0.444 e. The van der Waals surface area contributed by atoms with Crippen molar-refractivity contribution in [1.82, 2.24) is 15.4 Å². The van der Waals surface area contributed by atoms with E-state index in [4.69, 9.17) is 4.74 Å². The Morgan fingerprint density at radius 3 is 2.30 bits per heavy atom. The molecule has 0 aromatic heterocycles. The first-order chi connectivity index (χ1) is 9.05. The number of amides is 1. The van der Waals surface area contributed by atoms with Crippen molar-refractivity contribution in [2.24, 2.45) is 0 Å². The summed E-state index contributed by atoms with van der Waals surface area (Å²) in [4.78, 5) is 11.5. The third-order valence-corrected chi connectivity index (χ3v) is 3.51. The van der Waals surface area contributed by atoms with Crippen molar-refractivity contribution in [3.05, 3.63) is 0 Å². The highest BCUT2D eigenvalue weighted by molar-refractivity contribution is 7.88. The molecule has 1 amide bonds. The summed E-state index contributed by atoms with van der Waals surface area (Å²) in [6.45, 7) is 6.43. The molecular weight excluding hydrogens is 282 g/mol. The average Bonchev–Trinajstić information content (AvgIpc) is 2.15. The lowest BCUT2D eigenvalue weighted by atomic mass is 9.87. The molecular formula is C12H25N3O4S. The van der Waals surface area contributed by atoms with E-state index < -0.39 is 15.6 Å². The second kappa shape index (κ2) is 6.73. The highest BCUT2D eigenvalue weighted by atomic mass is 32.2. The summed E-state index contributed by atoms with van der Waals surface area (Å²) in [5, 5.41) is 6.03. The summed E-state index contributed by atoms with van der Waals surface area (Å²) in [6, 6.07) is 0.446. The molecule has 0 aromatic carbocycles. The number of sulfonamides is 1. The van der Waals surface area contributed by atoms with E-state index in [1.807, 2.05) is 20.8 Å². The van der Waals surface area contributed by atoms with Crippen LogP contribution < -0.4 is 15.4 Å². The molecule has 1 saturated carbocycles. The van der Waals surface area contributed by atoms with Crippen LogP contribution in [0.1, 0.15) is 33.6 Å². The molecule has 0 heterocycles. The zero-order valence-electron chi connectivity index (χ0n) is 12.5. The van der Waals surface area contributed by atoms with Gasteiger partial charge in [-0.15, -0.1) is 0 Å². The van der Waals surface area contributed by atoms with Gasteiger partial charge < -0.3 is 15.4 Å². The van der Waals surface area contributed by atoms with Gasteiger partial charge >= 0.3 is 6.09 Å². The van der Waals surface area contributed by atoms with Crippen LogP contribution in [0.5, 0.6) is 0 Å². The number of nitrogens with one attached hydrogen (secondary N) is 3. The Morgan fingerprint density at radius 2 is 1.80 bits per heavy atom. The number of carbonyl (C=O) groups is 1. The molecule has 0 radical (unpaired) electrons. The van der Waals surface area contributed by atoms with E-state index in [9.17, 15) is 13.2 Å². The first-order valence-corrected chi connectivity index (χ1v) is 8.62. The second-order valence-electron chi connectivity index (χ2n) is 6.13. The highest BCUT2D eigenvalue weighted by Crippen LogP contribution is 2.20. The number of hydrogen-bond acceptors (Lipinski definition) is 5. The fourth-order valence-corrected chi connectivity index (χ4v) is 2.36. The quantitative estimate of drug-likeness (QED) is 0.608. The molecule has 0 aromatic rings. The smallest absolute Gasteiger partial charge is 0.407 e. The van der Waals surface area contributed by atoms with Crippen LogP contribution in [-0.2, 0) is 14.8 Å². The SMILES string of the molecule is CC(C)(C)OC(=O)NC1CC(NCCNS(C)(=O)=O)C1. The second-order valence-corrected chi connectivity index (χ2v) is 7.97. The van der Waals surface area contributed by atoms with E-state index in [1.165, 1.54) is 0 Å². The molecule has 8 heteroatoms. The lowest BCUT2D eigenvalue weighted by molar-refractivity contribution is 0.0465. The van der Waals surface area contributed by atoms with Gasteiger partial charge in [-0.05, 0) is 33.6 Å². The monoisotopic (exact) mass is 307 g/mol. The summed E-state index contributed by atoms with van der Waals surface area (Å²) >= 11 is 0. The minimum absolute atomic E-state index is 0.130. The van der Waals surface area contributed by atoms with Crippen LogP contribution >= 0.6 is 0 Å². The predicted molar refractivity (Wildman–Crippen MR) is 77.0 cm³/mol. The van der Waals surface area contributed by atoms with Crippen molar-refractivity contribution in [3.8, 4) is 0 Å². The Balaban J connectivity index is 2.07. The van der Waals surface area contributed by atoms with Gasteiger partial charge in [0.15, 0.2) is 0 Å². The Hall–Kier alpha value is -0.860. The third kappa shape index (κ3) is 7.66. The number of rotatable bonds is 6. The maximum absolute atomic E-state index is 11.5. The van der Waals surface area contributed by atoms with Crippen LogP contribution in [0.2, 0.25) is 0 Å². The standard InChI is InChI=1S/C12H25N3O4S/c1-12(2,3)19-11(16)15-10-7-9(8-10)13-5-6-14-20(4,17)18/h9-10,13-14H,5-8H2,1-4H3,(H,15,16). The number of carbonyl (C=O) groups excluding carboxylic acids is 1. The van der Waals surface area contributed by atoms with Crippen LogP contribution in [0.15, 0.2) is 0 Å². The van der Waals surface area contributed by atoms with Gasteiger partial charge in [-0.25, -0.2) is 17.9 Å². The van der Waals surface area contributed by atoms with E-state index in [0.717, 1.165) is 19.1 Å². The molecule has 1 rings (SSSR count). The number of hydrogen-bond donors (Lipinski definition) is 3. The highest BCUT2D eigenvalue weighted by Gasteiger charge is 2.31. The van der Waals surface area contributed by atoms with Crippen LogP contribution in [0.4, 0.5) is 4.79 Å². The topological polar surface area (TPSA) is 96.5 Å². The van der Waals surface area contributed by atoms with Crippen molar-refractivity contribution in [1.29, 1.82) is 0 Å². The normalized spacial score (nSPS) is 23.0. The van der Waals surface area contributed by atoms with E-state index >= 15 is 0 Å². The Bertz CT molecular complexity index is 424. The van der Waals surface area contributed by atoms with E-state index in [-0.39, 0.29) is 12.1 Å². The molecule has 1 fully saturated rings. The first-order valence-electron chi connectivity index (χ1n) is 6.73. The van der Waals surface area contributed by atoms with Crippen LogP contribution in [-0.4, -0.2) is 51.5 Å².